The van der Waals surface area contributed by atoms with Gasteiger partial charge in [0.2, 0.25) is 0 Å². The molecule has 1 aliphatic rings. The summed E-state index contributed by atoms with van der Waals surface area (Å²) in [6.07, 6.45) is 2.07. The SMILES string of the molecule is CC(Oc1ccccc1)C(=O)NCC1CCCC1O. The molecule has 0 saturated heterocycles. The van der Waals surface area contributed by atoms with E-state index in [2.05, 4.69) is 5.32 Å². The van der Waals surface area contributed by atoms with Gasteiger partial charge in [0.1, 0.15) is 5.75 Å². The number of rotatable bonds is 5. The zero-order valence-electron chi connectivity index (χ0n) is 11.2. The highest BCUT2D eigenvalue weighted by Gasteiger charge is 2.26. The summed E-state index contributed by atoms with van der Waals surface area (Å²) in [4.78, 5) is 11.9. The summed E-state index contributed by atoms with van der Waals surface area (Å²) in [5, 5.41) is 12.5. The summed E-state index contributed by atoms with van der Waals surface area (Å²) < 4.78 is 5.54. The third-order valence-corrected chi connectivity index (χ3v) is 3.58. The second-order valence-corrected chi connectivity index (χ2v) is 5.08. The number of amides is 1. The minimum atomic E-state index is -0.527. The van der Waals surface area contributed by atoms with Crippen molar-refractivity contribution in [3.8, 4) is 5.75 Å². The zero-order chi connectivity index (χ0) is 13.7. The number of hydrogen-bond acceptors (Lipinski definition) is 3. The van der Waals surface area contributed by atoms with E-state index in [-0.39, 0.29) is 17.9 Å². The number of hydrogen-bond donors (Lipinski definition) is 2. The van der Waals surface area contributed by atoms with E-state index in [1.165, 1.54) is 0 Å². The van der Waals surface area contributed by atoms with Gasteiger partial charge in [-0.1, -0.05) is 24.6 Å². The topological polar surface area (TPSA) is 58.6 Å². The van der Waals surface area contributed by atoms with Gasteiger partial charge in [0.15, 0.2) is 6.10 Å². The minimum Gasteiger partial charge on any atom is -0.481 e. The molecule has 0 heterocycles. The van der Waals surface area contributed by atoms with Crippen molar-refractivity contribution in [3.63, 3.8) is 0 Å². The number of aliphatic hydroxyl groups excluding tert-OH is 1. The molecule has 0 spiro atoms. The van der Waals surface area contributed by atoms with Crippen LogP contribution in [0.15, 0.2) is 30.3 Å². The first-order valence-electron chi connectivity index (χ1n) is 6.84. The number of carbonyl (C=O) groups excluding carboxylic acids is 1. The molecule has 0 bridgehead atoms. The van der Waals surface area contributed by atoms with Crippen LogP contribution in [-0.2, 0) is 4.79 Å². The van der Waals surface area contributed by atoms with Gasteiger partial charge < -0.3 is 15.2 Å². The third-order valence-electron chi connectivity index (χ3n) is 3.58. The summed E-state index contributed by atoms with van der Waals surface area (Å²) in [5.41, 5.74) is 0. The number of nitrogens with one attached hydrogen (secondary N) is 1. The molecule has 0 radical (unpaired) electrons. The maximum Gasteiger partial charge on any atom is 0.260 e. The first-order valence-corrected chi connectivity index (χ1v) is 6.84. The van der Waals surface area contributed by atoms with E-state index in [1.54, 1.807) is 6.92 Å². The number of aliphatic hydroxyl groups is 1. The van der Waals surface area contributed by atoms with Gasteiger partial charge in [-0.15, -0.1) is 0 Å². The Morgan fingerprint density at radius 1 is 1.42 bits per heavy atom. The monoisotopic (exact) mass is 263 g/mol. The summed E-state index contributed by atoms with van der Waals surface area (Å²) in [6.45, 7) is 2.26. The molecule has 2 rings (SSSR count). The Balaban J connectivity index is 1.76. The summed E-state index contributed by atoms with van der Waals surface area (Å²) in [5.74, 6) is 0.738. The van der Waals surface area contributed by atoms with Gasteiger partial charge >= 0.3 is 0 Å². The largest absolute Gasteiger partial charge is 0.481 e. The van der Waals surface area contributed by atoms with Crippen LogP contribution in [0, 0.1) is 5.92 Å². The second kappa shape index (κ2) is 6.57. The number of carbonyl (C=O) groups is 1. The van der Waals surface area contributed by atoms with Crippen LogP contribution in [0.4, 0.5) is 0 Å². The Bertz CT molecular complexity index is 407. The van der Waals surface area contributed by atoms with Gasteiger partial charge in [-0.25, -0.2) is 0 Å². The lowest BCUT2D eigenvalue weighted by molar-refractivity contribution is -0.127. The molecule has 1 saturated carbocycles. The molecule has 0 aromatic heterocycles. The fourth-order valence-electron chi connectivity index (χ4n) is 2.39. The van der Waals surface area contributed by atoms with E-state index in [0.717, 1.165) is 19.3 Å². The van der Waals surface area contributed by atoms with Crippen LogP contribution in [0.1, 0.15) is 26.2 Å². The van der Waals surface area contributed by atoms with Crippen molar-refractivity contribution in [2.75, 3.05) is 6.54 Å². The first kappa shape index (κ1) is 13.9. The maximum absolute atomic E-state index is 11.9. The standard InChI is InChI=1S/C15H21NO3/c1-11(19-13-7-3-2-4-8-13)15(18)16-10-12-6-5-9-14(12)17/h2-4,7-8,11-12,14,17H,5-6,9-10H2,1H3,(H,16,18). The lowest BCUT2D eigenvalue weighted by Gasteiger charge is -2.18. The van der Waals surface area contributed by atoms with Crippen LogP contribution in [0.25, 0.3) is 0 Å². The average Bonchev–Trinajstić information content (AvgIpc) is 2.82. The van der Waals surface area contributed by atoms with Gasteiger partial charge in [0, 0.05) is 12.5 Å². The molecule has 1 fully saturated rings. The molecule has 3 atom stereocenters. The van der Waals surface area contributed by atoms with Crippen LogP contribution in [0.5, 0.6) is 5.75 Å². The van der Waals surface area contributed by atoms with Crippen molar-refractivity contribution >= 4 is 5.91 Å². The van der Waals surface area contributed by atoms with E-state index in [1.807, 2.05) is 30.3 Å². The predicted molar refractivity (Wildman–Crippen MR) is 72.9 cm³/mol. The molecule has 2 N–H and O–H groups in total. The molecular formula is C15H21NO3. The molecule has 104 valence electrons. The van der Waals surface area contributed by atoms with E-state index in [0.29, 0.717) is 12.3 Å². The highest BCUT2D eigenvalue weighted by molar-refractivity contribution is 5.80. The van der Waals surface area contributed by atoms with Crippen LogP contribution in [0.2, 0.25) is 0 Å². The number of benzene rings is 1. The number of para-hydroxylation sites is 1. The van der Waals surface area contributed by atoms with E-state index < -0.39 is 6.10 Å². The highest BCUT2D eigenvalue weighted by Crippen LogP contribution is 2.24. The van der Waals surface area contributed by atoms with E-state index in [4.69, 9.17) is 4.74 Å². The summed E-state index contributed by atoms with van der Waals surface area (Å²) >= 11 is 0. The molecule has 4 heteroatoms. The molecule has 19 heavy (non-hydrogen) atoms. The number of ether oxygens (including phenoxy) is 1. The highest BCUT2D eigenvalue weighted by atomic mass is 16.5. The van der Waals surface area contributed by atoms with E-state index in [9.17, 15) is 9.90 Å². The van der Waals surface area contributed by atoms with Crippen molar-refractivity contribution < 1.29 is 14.6 Å². The van der Waals surface area contributed by atoms with Crippen LogP contribution in [0.3, 0.4) is 0 Å². The Morgan fingerprint density at radius 3 is 2.79 bits per heavy atom. The smallest absolute Gasteiger partial charge is 0.260 e. The quantitative estimate of drug-likeness (QED) is 0.850. The van der Waals surface area contributed by atoms with Crippen molar-refractivity contribution in [3.05, 3.63) is 30.3 Å². The zero-order valence-corrected chi connectivity index (χ0v) is 11.2. The van der Waals surface area contributed by atoms with Gasteiger partial charge in [-0.2, -0.15) is 0 Å². The van der Waals surface area contributed by atoms with Crippen molar-refractivity contribution in [2.24, 2.45) is 5.92 Å². The molecular weight excluding hydrogens is 242 g/mol. The lowest BCUT2D eigenvalue weighted by Crippen LogP contribution is -2.40. The van der Waals surface area contributed by atoms with Gasteiger partial charge in [0.25, 0.3) is 5.91 Å². The average molecular weight is 263 g/mol. The molecule has 0 aliphatic heterocycles. The molecule has 3 unspecified atom stereocenters. The van der Waals surface area contributed by atoms with E-state index >= 15 is 0 Å². The van der Waals surface area contributed by atoms with Gasteiger partial charge in [-0.3, -0.25) is 4.79 Å². The predicted octanol–water partition coefficient (Wildman–Crippen LogP) is 1.73. The van der Waals surface area contributed by atoms with Gasteiger partial charge in [0.05, 0.1) is 6.10 Å². The van der Waals surface area contributed by atoms with Crippen molar-refractivity contribution in [1.29, 1.82) is 0 Å². The Labute approximate surface area is 113 Å². The fourth-order valence-corrected chi connectivity index (χ4v) is 2.39. The molecule has 1 amide bonds. The Morgan fingerprint density at radius 2 is 2.16 bits per heavy atom. The van der Waals surface area contributed by atoms with Crippen LogP contribution >= 0.6 is 0 Å². The first-order chi connectivity index (χ1) is 9.16. The normalized spacial score (nSPS) is 23.9. The third kappa shape index (κ3) is 3.96. The van der Waals surface area contributed by atoms with Crippen LogP contribution in [-0.4, -0.2) is 29.8 Å². The molecule has 1 aromatic carbocycles. The molecule has 1 aromatic rings. The summed E-state index contributed by atoms with van der Waals surface area (Å²) in [6, 6.07) is 9.29. The maximum atomic E-state index is 11.9. The van der Waals surface area contributed by atoms with Gasteiger partial charge in [-0.05, 0) is 31.9 Å². The fraction of sp³-hybridized carbons (Fsp3) is 0.533. The second-order valence-electron chi connectivity index (χ2n) is 5.08. The Kier molecular flexibility index (Phi) is 4.80. The summed E-state index contributed by atoms with van der Waals surface area (Å²) in [7, 11) is 0. The lowest BCUT2D eigenvalue weighted by atomic mass is 10.1. The van der Waals surface area contributed by atoms with Crippen LogP contribution < -0.4 is 10.1 Å². The molecule has 4 nitrogen and oxygen atoms in total. The Hall–Kier alpha value is -1.55. The minimum absolute atomic E-state index is 0.136. The van der Waals surface area contributed by atoms with Crippen molar-refractivity contribution in [1.82, 2.24) is 5.32 Å². The molecule has 1 aliphatic carbocycles. The van der Waals surface area contributed by atoms with Crippen molar-refractivity contribution in [2.45, 2.75) is 38.4 Å².